The monoisotopic (exact) mass is 584 g/mol. The molecule has 1 aliphatic heterocycles. The van der Waals surface area contributed by atoms with E-state index in [2.05, 4.69) is 17.0 Å². The van der Waals surface area contributed by atoms with E-state index < -0.39 is 7.82 Å². The van der Waals surface area contributed by atoms with Crippen LogP contribution in [0.25, 0.3) is 5.52 Å². The van der Waals surface area contributed by atoms with Crippen molar-refractivity contribution in [2.45, 2.75) is 115 Å². The molecule has 1 aliphatic rings. The van der Waals surface area contributed by atoms with Crippen molar-refractivity contribution >= 4 is 30.9 Å². The maximum Gasteiger partial charge on any atom is 0.472 e. The smallest absolute Gasteiger partial charge is 0.382 e. The summed E-state index contributed by atoms with van der Waals surface area (Å²) in [4.78, 5) is 14.0. The predicted octanol–water partition coefficient (Wildman–Crippen LogP) is 7.49. The number of anilines is 1. The van der Waals surface area contributed by atoms with E-state index in [0.717, 1.165) is 35.6 Å². The van der Waals surface area contributed by atoms with Crippen LogP contribution in [0, 0.1) is 0 Å². The Bertz CT molecular complexity index is 994. The third kappa shape index (κ3) is 12.1. The van der Waals surface area contributed by atoms with E-state index in [1.54, 1.807) is 4.52 Å². The number of fused-ring (bicyclic) bond motifs is 1. The number of ether oxygens (including phenoxy) is 1. The minimum Gasteiger partial charge on any atom is -0.382 e. The summed E-state index contributed by atoms with van der Waals surface area (Å²) in [6.45, 7) is 2.49. The molecule has 0 radical (unpaired) electrons. The quantitative estimate of drug-likeness (QED) is 0.107. The molecule has 0 bridgehead atoms. The Morgan fingerprint density at radius 1 is 1.00 bits per heavy atom. The lowest BCUT2D eigenvalue weighted by atomic mass is 10.1. The molecule has 3 heterocycles. The lowest BCUT2D eigenvalue weighted by molar-refractivity contribution is 0.00498. The van der Waals surface area contributed by atoms with Gasteiger partial charge in [0, 0.05) is 0 Å². The number of nitrogens with zero attached hydrogens (tertiary/aromatic N) is 3. The van der Waals surface area contributed by atoms with Crippen LogP contribution >= 0.6 is 19.6 Å². The number of nitrogen functional groups attached to an aromatic ring is 1. The first-order valence-electron chi connectivity index (χ1n) is 14.9. The van der Waals surface area contributed by atoms with Crippen molar-refractivity contribution in [3.63, 3.8) is 0 Å². The van der Waals surface area contributed by atoms with E-state index in [0.29, 0.717) is 12.2 Å². The number of phosphoric ester groups is 1. The average Bonchev–Trinajstić information content (AvgIpc) is 3.57. The number of rotatable bonds is 22. The number of unbranched alkanes of at least 4 members (excludes halogenated alkanes) is 11. The Morgan fingerprint density at radius 3 is 2.38 bits per heavy atom. The second-order valence-corrected chi connectivity index (χ2v) is 13.2. The number of thioether (sulfide) groups is 1. The molecular weight excluding hydrogens is 535 g/mol. The summed E-state index contributed by atoms with van der Waals surface area (Å²) in [6.07, 6.45) is 19.5. The Kier molecular flexibility index (Phi) is 15.2. The highest BCUT2D eigenvalue weighted by Crippen LogP contribution is 2.44. The zero-order chi connectivity index (χ0) is 27.8. The van der Waals surface area contributed by atoms with Gasteiger partial charge in [0.15, 0.2) is 5.82 Å². The van der Waals surface area contributed by atoms with Crippen molar-refractivity contribution in [2.75, 3.05) is 30.5 Å². The molecule has 0 saturated carbocycles. The first kappa shape index (κ1) is 32.4. The number of phosphoric acid groups is 1. The van der Waals surface area contributed by atoms with E-state index in [1.807, 2.05) is 23.9 Å². The van der Waals surface area contributed by atoms with Crippen molar-refractivity contribution < 1.29 is 23.2 Å². The fourth-order valence-electron chi connectivity index (χ4n) is 4.97. The van der Waals surface area contributed by atoms with Gasteiger partial charge in [-0.25, -0.2) is 14.1 Å². The molecule has 39 heavy (non-hydrogen) atoms. The Hall–Kier alpha value is -1.16. The van der Waals surface area contributed by atoms with Crippen LogP contribution in [0.15, 0.2) is 18.5 Å². The van der Waals surface area contributed by atoms with E-state index in [4.69, 9.17) is 19.5 Å². The second kappa shape index (κ2) is 18.3. The van der Waals surface area contributed by atoms with Crippen LogP contribution < -0.4 is 5.73 Å². The molecular formula is C28H49N4O5PS. The van der Waals surface area contributed by atoms with Crippen LogP contribution in [0.2, 0.25) is 0 Å². The molecule has 3 rings (SSSR count). The average molecular weight is 585 g/mol. The second-order valence-electron chi connectivity index (χ2n) is 10.5. The van der Waals surface area contributed by atoms with Gasteiger partial charge in [-0.05, 0) is 49.3 Å². The summed E-state index contributed by atoms with van der Waals surface area (Å²) in [5.41, 5.74) is 7.52. The van der Waals surface area contributed by atoms with Crippen LogP contribution in [-0.4, -0.2) is 50.3 Å². The largest absolute Gasteiger partial charge is 0.472 e. The van der Waals surface area contributed by atoms with E-state index >= 15 is 0 Å². The van der Waals surface area contributed by atoms with Crippen molar-refractivity contribution in [1.82, 2.24) is 14.6 Å². The van der Waals surface area contributed by atoms with Gasteiger partial charge in [-0.2, -0.15) is 16.9 Å². The summed E-state index contributed by atoms with van der Waals surface area (Å²) in [7, 11) is -4.09. The van der Waals surface area contributed by atoms with Gasteiger partial charge in [0.05, 0.1) is 25.0 Å². The predicted molar refractivity (Wildman–Crippen MR) is 159 cm³/mol. The fraction of sp³-hybridized carbons (Fsp3) is 0.786. The van der Waals surface area contributed by atoms with Gasteiger partial charge in [0.25, 0.3) is 0 Å². The molecule has 0 amide bonds. The van der Waals surface area contributed by atoms with E-state index in [-0.39, 0.29) is 25.4 Å². The summed E-state index contributed by atoms with van der Waals surface area (Å²) in [6, 6.07) is 3.79. The molecule has 0 aliphatic carbocycles. The molecule has 3 atom stereocenters. The standard InChI is InChI=1S/C28H49N4O5PS/c1-2-3-4-5-6-7-8-9-10-11-12-13-20-39-21-14-19-35-38(33,34)36-22-24-15-18-27(37-24)25-16-17-26-28(29)30-23-31-32(25)26/h16-17,23-24,27H,2-15,18-22H2,1H3,(H,33,34)(H2,29,30,31). The molecule has 1 saturated heterocycles. The van der Waals surface area contributed by atoms with Crippen molar-refractivity contribution in [3.8, 4) is 0 Å². The third-order valence-corrected chi connectivity index (χ3v) is 9.34. The fourth-order valence-corrected chi connectivity index (χ4v) is 6.69. The third-order valence-electron chi connectivity index (χ3n) is 7.20. The lowest BCUT2D eigenvalue weighted by Crippen LogP contribution is -2.15. The molecule has 1 fully saturated rings. The molecule has 3 N–H and O–H groups in total. The number of nitrogens with two attached hydrogens (primary N) is 1. The number of hydrogen-bond acceptors (Lipinski definition) is 8. The number of hydrogen-bond donors (Lipinski definition) is 2. The van der Waals surface area contributed by atoms with Crippen molar-refractivity contribution in [2.24, 2.45) is 0 Å². The van der Waals surface area contributed by atoms with Gasteiger partial charge >= 0.3 is 7.82 Å². The van der Waals surface area contributed by atoms with Crippen LogP contribution in [0.3, 0.4) is 0 Å². The highest BCUT2D eigenvalue weighted by atomic mass is 32.2. The highest BCUT2D eigenvalue weighted by molar-refractivity contribution is 7.99. The summed E-state index contributed by atoms with van der Waals surface area (Å²) in [5, 5.41) is 4.26. The maximum absolute atomic E-state index is 12.3. The van der Waals surface area contributed by atoms with Gasteiger partial charge in [-0.1, -0.05) is 77.6 Å². The van der Waals surface area contributed by atoms with Crippen LogP contribution in [0.1, 0.15) is 115 Å². The van der Waals surface area contributed by atoms with E-state index in [9.17, 15) is 9.46 Å². The first-order valence-corrected chi connectivity index (χ1v) is 17.6. The molecule has 9 nitrogen and oxygen atoms in total. The molecule has 3 unspecified atom stereocenters. The molecule has 11 heteroatoms. The molecule has 2 aromatic rings. The zero-order valence-electron chi connectivity index (χ0n) is 23.7. The summed E-state index contributed by atoms with van der Waals surface area (Å²) in [5.74, 6) is 2.47. The topological polar surface area (TPSA) is 121 Å². The van der Waals surface area contributed by atoms with Crippen LogP contribution in [0.5, 0.6) is 0 Å². The van der Waals surface area contributed by atoms with Gasteiger partial charge in [0.2, 0.25) is 0 Å². The molecule has 0 aromatic carbocycles. The Morgan fingerprint density at radius 2 is 1.67 bits per heavy atom. The Labute approximate surface area is 238 Å². The van der Waals surface area contributed by atoms with Gasteiger partial charge in [0.1, 0.15) is 17.9 Å². The van der Waals surface area contributed by atoms with Crippen LogP contribution in [-0.2, 0) is 18.3 Å². The van der Waals surface area contributed by atoms with Crippen LogP contribution in [0.4, 0.5) is 5.82 Å². The lowest BCUT2D eigenvalue weighted by Gasteiger charge is -2.16. The van der Waals surface area contributed by atoms with E-state index in [1.165, 1.54) is 83.4 Å². The summed E-state index contributed by atoms with van der Waals surface area (Å²) < 4.78 is 30.4. The van der Waals surface area contributed by atoms with Crippen molar-refractivity contribution in [3.05, 3.63) is 24.2 Å². The first-order chi connectivity index (χ1) is 19.0. The Balaban J connectivity index is 1.14. The van der Waals surface area contributed by atoms with Gasteiger partial charge in [-0.3, -0.25) is 9.05 Å². The van der Waals surface area contributed by atoms with Gasteiger partial charge < -0.3 is 15.4 Å². The number of aromatic nitrogens is 3. The highest BCUT2D eigenvalue weighted by Gasteiger charge is 2.31. The molecule has 222 valence electrons. The minimum atomic E-state index is -4.09. The molecule has 2 aromatic heterocycles. The normalized spacial score (nSPS) is 19.1. The van der Waals surface area contributed by atoms with Gasteiger partial charge in [-0.15, -0.1) is 0 Å². The molecule has 0 spiro atoms. The summed E-state index contributed by atoms with van der Waals surface area (Å²) >= 11 is 1.89. The maximum atomic E-state index is 12.3. The zero-order valence-corrected chi connectivity index (χ0v) is 25.4. The van der Waals surface area contributed by atoms with Crippen molar-refractivity contribution in [1.29, 1.82) is 0 Å². The SMILES string of the molecule is CCCCCCCCCCCCCCSCCCOP(=O)(O)OCC1CCC(c2ccc3c(N)ncnn23)O1. The minimum absolute atomic E-state index is 0.0123.